The Bertz CT molecular complexity index is 1050. The van der Waals surface area contributed by atoms with Gasteiger partial charge in [0, 0.05) is 44.2 Å². The predicted molar refractivity (Wildman–Crippen MR) is 143 cm³/mol. The number of amides is 1. The lowest BCUT2D eigenvalue weighted by Crippen LogP contribution is -2.42. The summed E-state index contributed by atoms with van der Waals surface area (Å²) in [6, 6.07) is 8.71. The second-order valence-corrected chi connectivity index (χ2v) is 12.7. The third-order valence-electron chi connectivity index (χ3n) is 7.35. The van der Waals surface area contributed by atoms with E-state index < -0.39 is 5.60 Å². The minimum atomic E-state index is -0.457. The molecule has 2 fully saturated rings. The molecule has 36 heavy (non-hydrogen) atoms. The van der Waals surface area contributed by atoms with Gasteiger partial charge in [0.05, 0.1) is 6.10 Å². The molecule has 0 bridgehead atoms. The van der Waals surface area contributed by atoms with Crippen molar-refractivity contribution < 1.29 is 14.3 Å². The Hall–Kier alpha value is -2.03. The summed E-state index contributed by atoms with van der Waals surface area (Å²) in [5, 5.41) is 1.51. The Kier molecular flexibility index (Phi) is 7.65. The zero-order chi connectivity index (χ0) is 25.3. The van der Waals surface area contributed by atoms with Gasteiger partial charge in [0.2, 0.25) is 0 Å². The highest BCUT2D eigenvalue weighted by Crippen LogP contribution is 2.37. The van der Waals surface area contributed by atoms with Crippen molar-refractivity contribution in [1.82, 2.24) is 19.4 Å². The monoisotopic (exact) mass is 512 g/mol. The van der Waals surface area contributed by atoms with E-state index in [4.69, 9.17) is 14.5 Å². The molecule has 196 valence electrons. The van der Waals surface area contributed by atoms with Crippen LogP contribution >= 0.6 is 11.8 Å². The standard InChI is InChI=1S/C28H40N4O3S/c1-28(2,3)35-27(33)31-17-12-22(13-18-31)36-24-19-32-16-9-20-7-5-6-8-23(20)25(26(32)29-24)34-21-10-14-30(4)15-11-21/h5-8,19,21-22,25H,9-18H2,1-4H3. The fraction of sp³-hybridized carbons (Fsp3) is 0.643. The van der Waals surface area contributed by atoms with Crippen molar-refractivity contribution in [2.45, 2.75) is 87.5 Å². The topological polar surface area (TPSA) is 59.8 Å². The van der Waals surface area contributed by atoms with Crippen LogP contribution in [0.4, 0.5) is 4.79 Å². The third kappa shape index (κ3) is 6.09. The highest BCUT2D eigenvalue weighted by molar-refractivity contribution is 7.99. The summed E-state index contributed by atoms with van der Waals surface area (Å²) in [6.45, 7) is 10.3. The van der Waals surface area contributed by atoms with Gasteiger partial charge in [-0.05, 0) is 71.0 Å². The summed E-state index contributed by atoms with van der Waals surface area (Å²) in [7, 11) is 2.19. The maximum Gasteiger partial charge on any atom is 0.410 e. The second kappa shape index (κ2) is 10.8. The van der Waals surface area contributed by atoms with Crippen LogP contribution in [0.1, 0.15) is 69.5 Å². The molecule has 3 aliphatic heterocycles. The van der Waals surface area contributed by atoms with Crippen LogP contribution in [0.25, 0.3) is 0 Å². The number of nitrogens with zero attached hydrogens (tertiary/aromatic N) is 4. The van der Waals surface area contributed by atoms with E-state index in [-0.39, 0.29) is 18.3 Å². The van der Waals surface area contributed by atoms with Crippen molar-refractivity contribution in [3.05, 3.63) is 47.4 Å². The fourth-order valence-electron chi connectivity index (χ4n) is 5.35. The largest absolute Gasteiger partial charge is 0.444 e. The first-order valence-corrected chi connectivity index (χ1v) is 14.3. The van der Waals surface area contributed by atoms with E-state index in [9.17, 15) is 4.79 Å². The van der Waals surface area contributed by atoms with Crippen LogP contribution in [0.2, 0.25) is 0 Å². The lowest BCUT2D eigenvalue weighted by molar-refractivity contribution is -0.0276. The van der Waals surface area contributed by atoms with E-state index >= 15 is 0 Å². The number of aromatic nitrogens is 2. The number of likely N-dealkylation sites (tertiary alicyclic amines) is 2. The molecule has 0 saturated carbocycles. The smallest absolute Gasteiger partial charge is 0.410 e. The molecule has 2 saturated heterocycles. The van der Waals surface area contributed by atoms with E-state index in [1.807, 2.05) is 37.4 Å². The third-order valence-corrected chi connectivity index (χ3v) is 8.60. The Labute approximate surface area is 219 Å². The van der Waals surface area contributed by atoms with Crippen molar-refractivity contribution in [2.24, 2.45) is 0 Å². The van der Waals surface area contributed by atoms with Crippen LogP contribution in [0.5, 0.6) is 0 Å². The number of aryl methyl sites for hydroxylation is 2. The molecule has 1 aromatic heterocycles. The number of benzene rings is 1. The molecule has 5 rings (SSSR count). The zero-order valence-electron chi connectivity index (χ0n) is 22.1. The van der Waals surface area contributed by atoms with Gasteiger partial charge in [-0.25, -0.2) is 9.78 Å². The van der Waals surface area contributed by atoms with E-state index in [1.165, 1.54) is 11.1 Å². The van der Waals surface area contributed by atoms with Crippen molar-refractivity contribution >= 4 is 17.9 Å². The van der Waals surface area contributed by atoms with Crippen LogP contribution in [-0.2, 0) is 22.4 Å². The van der Waals surface area contributed by atoms with Crippen molar-refractivity contribution in [1.29, 1.82) is 0 Å². The van der Waals surface area contributed by atoms with E-state index in [1.54, 1.807) is 0 Å². The fourth-order valence-corrected chi connectivity index (χ4v) is 6.47. The Morgan fingerprint density at radius 3 is 2.47 bits per heavy atom. The lowest BCUT2D eigenvalue weighted by atomic mass is 10.00. The van der Waals surface area contributed by atoms with Crippen molar-refractivity contribution in [3.63, 3.8) is 0 Å². The van der Waals surface area contributed by atoms with E-state index in [0.29, 0.717) is 5.25 Å². The number of fused-ring (bicyclic) bond motifs is 2. The summed E-state index contributed by atoms with van der Waals surface area (Å²) < 4.78 is 14.7. The quantitative estimate of drug-likeness (QED) is 0.566. The number of rotatable bonds is 4. The molecular formula is C28H40N4O3S. The molecule has 2 aromatic rings. The molecule has 1 amide bonds. The van der Waals surface area contributed by atoms with Gasteiger partial charge in [-0.1, -0.05) is 24.3 Å². The lowest BCUT2D eigenvalue weighted by Gasteiger charge is -2.33. The van der Waals surface area contributed by atoms with Gasteiger partial charge < -0.3 is 23.8 Å². The highest BCUT2D eigenvalue weighted by atomic mass is 32.2. The molecule has 1 atom stereocenters. The van der Waals surface area contributed by atoms with Crippen LogP contribution in [0, 0.1) is 0 Å². The molecule has 1 unspecified atom stereocenters. The normalized spacial score (nSPS) is 22.1. The Balaban J connectivity index is 1.28. The SMILES string of the molecule is CN1CCC(OC2c3ccccc3CCn3cc(SC4CCN(C(=O)OC(C)(C)C)CC4)nc32)CC1. The number of carbonyl (C=O) groups excluding carboxylic acids is 1. The first kappa shape index (κ1) is 25.6. The minimum absolute atomic E-state index is 0.125. The number of hydrogen-bond acceptors (Lipinski definition) is 6. The van der Waals surface area contributed by atoms with Gasteiger partial charge in [0.25, 0.3) is 0 Å². The molecular weight excluding hydrogens is 472 g/mol. The van der Waals surface area contributed by atoms with Crippen LogP contribution in [0.15, 0.2) is 35.5 Å². The first-order valence-electron chi connectivity index (χ1n) is 13.4. The van der Waals surface area contributed by atoms with Gasteiger partial charge in [0.15, 0.2) is 0 Å². The number of piperidine rings is 2. The van der Waals surface area contributed by atoms with Gasteiger partial charge >= 0.3 is 6.09 Å². The molecule has 0 N–H and O–H groups in total. The summed E-state index contributed by atoms with van der Waals surface area (Å²) in [5.74, 6) is 1.03. The number of hydrogen-bond donors (Lipinski definition) is 0. The molecule has 0 radical (unpaired) electrons. The Morgan fingerprint density at radius 2 is 1.75 bits per heavy atom. The van der Waals surface area contributed by atoms with E-state index in [2.05, 4.69) is 47.0 Å². The van der Waals surface area contributed by atoms with Crippen LogP contribution in [-0.4, -0.2) is 75.6 Å². The molecule has 7 nitrogen and oxygen atoms in total. The molecule has 3 aliphatic rings. The summed E-state index contributed by atoms with van der Waals surface area (Å²) in [6.07, 6.45) is 7.17. The number of carbonyl (C=O) groups is 1. The molecule has 4 heterocycles. The number of ether oxygens (including phenoxy) is 2. The average molecular weight is 513 g/mol. The average Bonchev–Trinajstić information content (AvgIpc) is 3.18. The predicted octanol–water partition coefficient (Wildman–Crippen LogP) is 5.13. The van der Waals surface area contributed by atoms with E-state index in [0.717, 1.165) is 75.7 Å². The van der Waals surface area contributed by atoms with Crippen LogP contribution < -0.4 is 0 Å². The number of imidazole rings is 1. The van der Waals surface area contributed by atoms with Gasteiger partial charge in [-0.15, -0.1) is 11.8 Å². The zero-order valence-corrected chi connectivity index (χ0v) is 22.9. The maximum atomic E-state index is 12.4. The van der Waals surface area contributed by atoms with Crippen LogP contribution in [0.3, 0.4) is 0 Å². The minimum Gasteiger partial charge on any atom is -0.444 e. The summed E-state index contributed by atoms with van der Waals surface area (Å²) in [5.41, 5.74) is 2.18. The summed E-state index contributed by atoms with van der Waals surface area (Å²) in [4.78, 5) is 21.8. The first-order chi connectivity index (χ1) is 17.2. The van der Waals surface area contributed by atoms with Crippen molar-refractivity contribution in [3.8, 4) is 0 Å². The van der Waals surface area contributed by atoms with Gasteiger partial charge in [-0.3, -0.25) is 0 Å². The Morgan fingerprint density at radius 1 is 1.03 bits per heavy atom. The van der Waals surface area contributed by atoms with Gasteiger partial charge in [-0.2, -0.15) is 0 Å². The molecule has 1 aromatic carbocycles. The summed E-state index contributed by atoms with van der Waals surface area (Å²) >= 11 is 1.85. The molecule has 8 heteroatoms. The van der Waals surface area contributed by atoms with Gasteiger partial charge in [0.1, 0.15) is 22.6 Å². The number of thioether (sulfide) groups is 1. The second-order valence-electron chi connectivity index (χ2n) is 11.4. The maximum absolute atomic E-state index is 12.4. The molecule has 0 aliphatic carbocycles. The van der Waals surface area contributed by atoms with Crippen molar-refractivity contribution in [2.75, 3.05) is 33.2 Å². The molecule has 0 spiro atoms. The highest BCUT2D eigenvalue weighted by Gasteiger charge is 2.32.